The minimum absolute atomic E-state index is 0.0284. The molecule has 2 heterocycles. The van der Waals surface area contributed by atoms with Gasteiger partial charge in [-0.25, -0.2) is 8.78 Å². The number of pyridine rings is 1. The van der Waals surface area contributed by atoms with Gasteiger partial charge in [0.25, 0.3) is 6.43 Å². The fraction of sp³-hybridized carbons (Fsp3) is 0.353. The van der Waals surface area contributed by atoms with Crippen molar-refractivity contribution in [1.29, 1.82) is 0 Å². The van der Waals surface area contributed by atoms with Crippen LogP contribution in [0.15, 0.2) is 30.5 Å². The molecule has 1 aliphatic rings. The molecule has 0 spiro atoms. The second-order valence-electron chi connectivity index (χ2n) is 5.68. The summed E-state index contributed by atoms with van der Waals surface area (Å²) in [6.07, 6.45) is -1.44. The molecule has 3 rings (SSSR count). The first-order chi connectivity index (χ1) is 12.4. The topological polar surface area (TPSA) is 34.6 Å². The average molecular weight is 391 g/mol. The standard InChI is InChI=1S/C17H15ClF4N2O2/c18-13-2-1-10(6-14(13)26-17(21)22)11-5-12(8-24-3-4-25-9-24)15(16(19)20)23-7-11/h1-2,5-7,16-17H,3-4,8-9H2. The predicted molar refractivity (Wildman–Crippen MR) is 87.5 cm³/mol. The molecule has 0 amide bonds. The van der Waals surface area contributed by atoms with Crippen molar-refractivity contribution in [2.45, 2.75) is 19.6 Å². The van der Waals surface area contributed by atoms with E-state index in [9.17, 15) is 17.6 Å². The Labute approximate surface area is 152 Å². The van der Waals surface area contributed by atoms with E-state index in [-0.39, 0.29) is 23.0 Å². The van der Waals surface area contributed by atoms with Crippen molar-refractivity contribution in [3.8, 4) is 16.9 Å². The summed E-state index contributed by atoms with van der Waals surface area (Å²) < 4.78 is 61.1. The number of ether oxygens (including phenoxy) is 2. The monoisotopic (exact) mass is 390 g/mol. The third-order valence-electron chi connectivity index (χ3n) is 3.91. The van der Waals surface area contributed by atoms with Crippen LogP contribution >= 0.6 is 11.6 Å². The van der Waals surface area contributed by atoms with Gasteiger partial charge in [0.1, 0.15) is 11.4 Å². The van der Waals surface area contributed by atoms with E-state index < -0.39 is 13.0 Å². The minimum Gasteiger partial charge on any atom is -0.433 e. The van der Waals surface area contributed by atoms with E-state index in [0.29, 0.717) is 36.6 Å². The van der Waals surface area contributed by atoms with Gasteiger partial charge in [-0.3, -0.25) is 9.88 Å². The number of hydrogen-bond acceptors (Lipinski definition) is 4. The first kappa shape index (κ1) is 18.9. The van der Waals surface area contributed by atoms with Crippen LogP contribution in [-0.2, 0) is 11.3 Å². The highest BCUT2D eigenvalue weighted by Gasteiger charge is 2.20. The molecule has 0 saturated carbocycles. The van der Waals surface area contributed by atoms with Gasteiger partial charge in [-0.05, 0) is 29.3 Å². The van der Waals surface area contributed by atoms with Crippen LogP contribution in [0.25, 0.3) is 11.1 Å². The molecular formula is C17H15ClF4N2O2. The van der Waals surface area contributed by atoms with Gasteiger partial charge in [0.15, 0.2) is 0 Å². The van der Waals surface area contributed by atoms with E-state index in [4.69, 9.17) is 16.3 Å². The molecule has 0 unspecified atom stereocenters. The Hall–Kier alpha value is -1.90. The largest absolute Gasteiger partial charge is 0.433 e. The Kier molecular flexibility index (Phi) is 5.95. The number of hydrogen-bond donors (Lipinski definition) is 0. The van der Waals surface area contributed by atoms with E-state index in [1.807, 2.05) is 4.90 Å². The number of halogens is 5. The van der Waals surface area contributed by atoms with Gasteiger partial charge >= 0.3 is 6.61 Å². The zero-order valence-corrected chi connectivity index (χ0v) is 14.2. The molecule has 4 nitrogen and oxygen atoms in total. The average Bonchev–Trinajstić information content (AvgIpc) is 3.09. The Bertz CT molecular complexity index is 770. The lowest BCUT2D eigenvalue weighted by atomic mass is 10.0. The lowest BCUT2D eigenvalue weighted by Gasteiger charge is -2.17. The molecule has 9 heteroatoms. The first-order valence-corrected chi connectivity index (χ1v) is 8.13. The van der Waals surface area contributed by atoms with Crippen LogP contribution in [0, 0.1) is 0 Å². The van der Waals surface area contributed by atoms with E-state index in [2.05, 4.69) is 9.72 Å². The van der Waals surface area contributed by atoms with Crippen LogP contribution < -0.4 is 4.74 Å². The summed E-state index contributed by atoms with van der Waals surface area (Å²) in [6.45, 7) is -1.22. The highest BCUT2D eigenvalue weighted by Crippen LogP contribution is 2.33. The molecular weight excluding hydrogens is 376 g/mol. The summed E-state index contributed by atoms with van der Waals surface area (Å²) in [5.74, 6) is -0.188. The SMILES string of the molecule is FC(F)Oc1cc(-c2cnc(C(F)F)c(CN3CCOC3)c2)ccc1Cl. The fourth-order valence-corrected chi connectivity index (χ4v) is 2.85. The van der Waals surface area contributed by atoms with E-state index >= 15 is 0 Å². The summed E-state index contributed by atoms with van der Waals surface area (Å²) in [4.78, 5) is 5.75. The number of aromatic nitrogens is 1. The lowest BCUT2D eigenvalue weighted by molar-refractivity contribution is -0.0497. The third kappa shape index (κ3) is 4.44. The van der Waals surface area contributed by atoms with E-state index in [0.717, 1.165) is 0 Å². The maximum Gasteiger partial charge on any atom is 0.387 e. The maximum atomic E-state index is 13.3. The Morgan fingerprint density at radius 3 is 2.65 bits per heavy atom. The Morgan fingerprint density at radius 1 is 1.19 bits per heavy atom. The number of alkyl halides is 4. The first-order valence-electron chi connectivity index (χ1n) is 7.76. The highest BCUT2D eigenvalue weighted by molar-refractivity contribution is 6.32. The van der Waals surface area contributed by atoms with Crippen molar-refractivity contribution in [3.05, 3.63) is 46.7 Å². The molecule has 26 heavy (non-hydrogen) atoms. The molecule has 1 aromatic carbocycles. The number of nitrogens with zero attached hydrogens (tertiary/aromatic N) is 2. The summed E-state index contributed by atoms with van der Waals surface area (Å²) in [6, 6.07) is 5.89. The molecule has 0 atom stereocenters. The minimum atomic E-state index is -3.02. The Balaban J connectivity index is 1.94. The van der Waals surface area contributed by atoms with Crippen LogP contribution in [0.5, 0.6) is 5.75 Å². The molecule has 1 saturated heterocycles. The summed E-state index contributed by atoms with van der Waals surface area (Å²) in [5, 5.41) is 0.0284. The lowest BCUT2D eigenvalue weighted by Crippen LogP contribution is -2.20. The predicted octanol–water partition coefficient (Wildman–Crippen LogP) is 4.73. The zero-order chi connectivity index (χ0) is 18.7. The molecule has 0 bridgehead atoms. The molecule has 0 radical (unpaired) electrons. The fourth-order valence-electron chi connectivity index (χ4n) is 2.69. The van der Waals surface area contributed by atoms with E-state index in [1.165, 1.54) is 18.3 Å². The van der Waals surface area contributed by atoms with Gasteiger partial charge < -0.3 is 9.47 Å². The van der Waals surface area contributed by atoms with Crippen LogP contribution in [0.3, 0.4) is 0 Å². The summed E-state index contributed by atoms with van der Waals surface area (Å²) >= 11 is 5.85. The van der Waals surface area contributed by atoms with Crippen LogP contribution in [0.4, 0.5) is 17.6 Å². The molecule has 1 aromatic heterocycles. The van der Waals surface area contributed by atoms with Crippen molar-refractivity contribution in [1.82, 2.24) is 9.88 Å². The van der Waals surface area contributed by atoms with Gasteiger partial charge in [0.05, 0.1) is 18.4 Å². The van der Waals surface area contributed by atoms with Crippen LogP contribution in [0.1, 0.15) is 17.7 Å². The molecule has 140 valence electrons. The quantitative estimate of drug-likeness (QED) is 0.668. The molecule has 1 fully saturated rings. The second kappa shape index (κ2) is 8.20. The summed E-state index contributed by atoms with van der Waals surface area (Å²) in [7, 11) is 0. The van der Waals surface area contributed by atoms with Gasteiger partial charge in [-0.15, -0.1) is 0 Å². The van der Waals surface area contributed by atoms with Crippen molar-refractivity contribution in [2.24, 2.45) is 0 Å². The third-order valence-corrected chi connectivity index (χ3v) is 4.22. The van der Waals surface area contributed by atoms with Gasteiger partial charge in [-0.2, -0.15) is 8.78 Å². The maximum absolute atomic E-state index is 13.3. The summed E-state index contributed by atoms with van der Waals surface area (Å²) in [5.41, 5.74) is 1.03. The van der Waals surface area contributed by atoms with Crippen molar-refractivity contribution >= 4 is 11.6 Å². The molecule has 1 aliphatic heterocycles. The van der Waals surface area contributed by atoms with Crippen molar-refractivity contribution in [3.63, 3.8) is 0 Å². The van der Waals surface area contributed by atoms with Crippen molar-refractivity contribution in [2.75, 3.05) is 19.9 Å². The van der Waals surface area contributed by atoms with Gasteiger partial charge in [0.2, 0.25) is 0 Å². The molecule has 0 N–H and O–H groups in total. The number of rotatable bonds is 6. The highest BCUT2D eigenvalue weighted by atomic mass is 35.5. The number of benzene rings is 1. The van der Waals surface area contributed by atoms with Crippen molar-refractivity contribution < 1.29 is 27.0 Å². The molecule has 0 aliphatic carbocycles. The van der Waals surface area contributed by atoms with Gasteiger partial charge in [-0.1, -0.05) is 17.7 Å². The van der Waals surface area contributed by atoms with Crippen LogP contribution in [0.2, 0.25) is 5.02 Å². The van der Waals surface area contributed by atoms with Crippen LogP contribution in [-0.4, -0.2) is 36.4 Å². The normalized spacial score (nSPS) is 15.2. The Morgan fingerprint density at radius 2 is 2.00 bits per heavy atom. The zero-order valence-electron chi connectivity index (χ0n) is 13.5. The molecule has 2 aromatic rings. The smallest absolute Gasteiger partial charge is 0.387 e. The van der Waals surface area contributed by atoms with Gasteiger partial charge in [0, 0.05) is 24.8 Å². The van der Waals surface area contributed by atoms with E-state index in [1.54, 1.807) is 12.1 Å². The second-order valence-corrected chi connectivity index (χ2v) is 6.09.